The molecule has 1 aromatic carbocycles. The first-order chi connectivity index (χ1) is 15.9. The van der Waals surface area contributed by atoms with Crippen LogP contribution < -0.4 is 10.6 Å². The van der Waals surface area contributed by atoms with Crippen LogP contribution in [-0.2, 0) is 22.6 Å². The zero-order valence-corrected chi connectivity index (χ0v) is 19.0. The van der Waals surface area contributed by atoms with Crippen LogP contribution in [0.4, 0.5) is 0 Å². The number of fused-ring (bicyclic) bond motifs is 1. The van der Waals surface area contributed by atoms with E-state index in [1.54, 1.807) is 14.0 Å². The van der Waals surface area contributed by atoms with Gasteiger partial charge in [-0.1, -0.05) is 30.3 Å². The molecule has 0 saturated carbocycles. The van der Waals surface area contributed by atoms with E-state index in [2.05, 4.69) is 20.6 Å². The van der Waals surface area contributed by atoms with Gasteiger partial charge in [-0.15, -0.1) is 0 Å². The van der Waals surface area contributed by atoms with E-state index in [-0.39, 0.29) is 30.0 Å². The lowest BCUT2D eigenvalue weighted by molar-refractivity contribution is -0.132. The molecule has 3 heterocycles. The first-order valence-electron chi connectivity index (χ1n) is 11.1. The minimum atomic E-state index is -1.13. The van der Waals surface area contributed by atoms with Crippen LogP contribution in [0.3, 0.4) is 0 Å². The Balaban J connectivity index is 1.40. The number of benzene rings is 1. The highest BCUT2D eigenvalue weighted by molar-refractivity contribution is 6.01. The second-order valence-electron chi connectivity index (χ2n) is 8.59. The van der Waals surface area contributed by atoms with E-state index in [0.29, 0.717) is 32.0 Å². The van der Waals surface area contributed by atoms with E-state index in [4.69, 9.17) is 4.74 Å². The monoisotopic (exact) mass is 454 g/mol. The Kier molecular flexibility index (Phi) is 6.75. The lowest BCUT2D eigenvalue weighted by Crippen LogP contribution is -2.62. The van der Waals surface area contributed by atoms with Gasteiger partial charge in [0.1, 0.15) is 11.2 Å². The highest BCUT2D eigenvalue weighted by atomic mass is 16.5. The average Bonchev–Trinajstić information content (AvgIpc) is 3.26. The quantitative estimate of drug-likeness (QED) is 0.615. The van der Waals surface area contributed by atoms with E-state index >= 15 is 0 Å². The van der Waals surface area contributed by atoms with Crippen LogP contribution in [0.5, 0.6) is 0 Å². The molecule has 2 aliphatic rings. The molecule has 1 unspecified atom stereocenters. The fourth-order valence-electron chi connectivity index (χ4n) is 4.05. The van der Waals surface area contributed by atoms with Gasteiger partial charge in [-0.25, -0.2) is 0 Å². The van der Waals surface area contributed by atoms with Crippen LogP contribution in [0.25, 0.3) is 0 Å². The molecule has 10 nitrogen and oxygen atoms in total. The number of nitrogens with one attached hydrogen (secondary N) is 2. The van der Waals surface area contributed by atoms with Crippen molar-refractivity contribution in [2.45, 2.75) is 25.6 Å². The number of morpholine rings is 1. The molecule has 10 heteroatoms. The third-order valence-electron chi connectivity index (χ3n) is 6.34. The Bertz CT molecular complexity index is 1020. The van der Waals surface area contributed by atoms with Gasteiger partial charge in [-0.2, -0.15) is 5.10 Å². The molecule has 2 aliphatic heterocycles. The van der Waals surface area contributed by atoms with Crippen molar-refractivity contribution >= 4 is 17.7 Å². The number of hydrogen-bond donors (Lipinski definition) is 2. The first-order valence-corrected chi connectivity index (χ1v) is 11.1. The molecule has 1 saturated heterocycles. The number of aromatic nitrogens is 2. The summed E-state index contributed by atoms with van der Waals surface area (Å²) in [5.41, 5.74) is 0.302. The highest BCUT2D eigenvalue weighted by Gasteiger charge is 2.46. The van der Waals surface area contributed by atoms with Crippen molar-refractivity contribution in [3.05, 3.63) is 53.3 Å². The first kappa shape index (κ1) is 22.9. The van der Waals surface area contributed by atoms with E-state index in [1.165, 1.54) is 15.6 Å². The normalized spacial score (nSPS) is 20.9. The lowest BCUT2D eigenvalue weighted by atomic mass is 9.96. The largest absolute Gasteiger partial charge is 0.379 e. The minimum absolute atomic E-state index is 0.159. The zero-order valence-electron chi connectivity index (χ0n) is 19.0. The molecule has 2 N–H and O–H groups in total. The van der Waals surface area contributed by atoms with Crippen LogP contribution in [-0.4, -0.2) is 89.3 Å². The van der Waals surface area contributed by atoms with Gasteiger partial charge in [-0.3, -0.25) is 24.0 Å². The minimum Gasteiger partial charge on any atom is -0.379 e. The number of nitrogens with zero attached hydrogens (tertiary/aromatic N) is 4. The fourth-order valence-corrected chi connectivity index (χ4v) is 4.05. The third kappa shape index (κ3) is 4.91. The molecule has 3 amide bonds. The molecular formula is C23H30N6O4. The van der Waals surface area contributed by atoms with Crippen LogP contribution in [0.2, 0.25) is 0 Å². The smallest absolute Gasteiger partial charge is 0.272 e. The van der Waals surface area contributed by atoms with Gasteiger partial charge in [0, 0.05) is 45.8 Å². The summed E-state index contributed by atoms with van der Waals surface area (Å²) in [4.78, 5) is 42.3. The Morgan fingerprint density at radius 1 is 1.15 bits per heavy atom. The van der Waals surface area contributed by atoms with Gasteiger partial charge in [0.05, 0.1) is 19.8 Å². The summed E-state index contributed by atoms with van der Waals surface area (Å²) in [6, 6.07) is 11.1. The number of hydrogen-bond acceptors (Lipinski definition) is 6. The number of amides is 3. The Morgan fingerprint density at radius 3 is 2.61 bits per heavy atom. The van der Waals surface area contributed by atoms with Gasteiger partial charge in [0.25, 0.3) is 11.8 Å². The Morgan fingerprint density at radius 2 is 1.88 bits per heavy atom. The van der Waals surface area contributed by atoms with Crippen molar-refractivity contribution in [3.8, 4) is 0 Å². The average molecular weight is 455 g/mol. The van der Waals surface area contributed by atoms with Crippen LogP contribution >= 0.6 is 0 Å². The molecule has 0 spiro atoms. The van der Waals surface area contributed by atoms with Crippen molar-refractivity contribution in [3.63, 3.8) is 0 Å². The van der Waals surface area contributed by atoms with Crippen molar-refractivity contribution in [2.24, 2.45) is 0 Å². The lowest BCUT2D eigenvalue weighted by Gasteiger charge is -2.40. The van der Waals surface area contributed by atoms with Crippen LogP contribution in [0.15, 0.2) is 36.4 Å². The van der Waals surface area contributed by atoms with Crippen molar-refractivity contribution in [1.29, 1.82) is 0 Å². The maximum absolute atomic E-state index is 13.1. The van der Waals surface area contributed by atoms with Crippen molar-refractivity contribution < 1.29 is 19.1 Å². The summed E-state index contributed by atoms with van der Waals surface area (Å²) < 4.78 is 6.79. The van der Waals surface area contributed by atoms with E-state index < -0.39 is 5.54 Å². The van der Waals surface area contributed by atoms with E-state index in [0.717, 1.165) is 25.2 Å². The summed E-state index contributed by atoms with van der Waals surface area (Å²) in [5, 5.41) is 10.1. The topological polar surface area (TPSA) is 109 Å². The predicted molar refractivity (Wildman–Crippen MR) is 121 cm³/mol. The SMILES string of the molecule is CN1C(=O)c2cc(C(=O)NCCN3CCOCC3)nn2CC1(C)C(=O)NCc1ccccc1. The fraction of sp³-hybridized carbons (Fsp3) is 0.478. The van der Waals surface area contributed by atoms with Crippen LogP contribution in [0, 0.1) is 0 Å². The second kappa shape index (κ2) is 9.72. The van der Waals surface area contributed by atoms with Gasteiger partial charge < -0.3 is 20.3 Å². The molecule has 0 bridgehead atoms. The van der Waals surface area contributed by atoms with E-state index in [9.17, 15) is 14.4 Å². The molecule has 2 aromatic rings. The van der Waals surface area contributed by atoms with Crippen molar-refractivity contribution in [1.82, 2.24) is 30.2 Å². The Labute approximate surface area is 192 Å². The number of carbonyl (C=O) groups is 3. The third-order valence-corrected chi connectivity index (χ3v) is 6.34. The second-order valence-corrected chi connectivity index (χ2v) is 8.59. The number of rotatable bonds is 7. The summed E-state index contributed by atoms with van der Waals surface area (Å²) in [6.45, 7) is 6.54. The summed E-state index contributed by atoms with van der Waals surface area (Å²) in [6.07, 6.45) is 0. The molecule has 33 heavy (non-hydrogen) atoms. The molecule has 1 aromatic heterocycles. The molecular weight excluding hydrogens is 424 g/mol. The number of carbonyl (C=O) groups excluding carboxylic acids is 3. The van der Waals surface area contributed by atoms with Crippen molar-refractivity contribution in [2.75, 3.05) is 46.4 Å². The van der Waals surface area contributed by atoms with Gasteiger partial charge in [-0.05, 0) is 12.5 Å². The van der Waals surface area contributed by atoms with Gasteiger partial charge in [0.2, 0.25) is 5.91 Å². The number of ether oxygens (including phenoxy) is 1. The summed E-state index contributed by atoms with van der Waals surface area (Å²) in [7, 11) is 1.60. The molecule has 1 atom stereocenters. The summed E-state index contributed by atoms with van der Waals surface area (Å²) >= 11 is 0. The van der Waals surface area contributed by atoms with Gasteiger partial charge in [0.15, 0.2) is 5.69 Å². The molecule has 0 aliphatic carbocycles. The number of likely N-dealkylation sites (N-methyl/N-ethyl adjacent to an activating group) is 1. The summed E-state index contributed by atoms with van der Waals surface area (Å²) in [5.74, 6) is -0.964. The Hall–Kier alpha value is -3.24. The maximum Gasteiger partial charge on any atom is 0.272 e. The molecule has 1 fully saturated rings. The predicted octanol–water partition coefficient (Wildman–Crippen LogP) is 0.106. The zero-order chi connectivity index (χ0) is 23.4. The molecule has 4 rings (SSSR count). The highest BCUT2D eigenvalue weighted by Crippen LogP contribution is 2.26. The van der Waals surface area contributed by atoms with Crippen LogP contribution in [0.1, 0.15) is 33.5 Å². The molecule has 176 valence electrons. The van der Waals surface area contributed by atoms with Gasteiger partial charge >= 0.3 is 0 Å². The molecule has 0 radical (unpaired) electrons. The maximum atomic E-state index is 13.1. The van der Waals surface area contributed by atoms with E-state index in [1.807, 2.05) is 30.3 Å². The standard InChI is InChI=1S/C23H30N6O4/c1-23(22(32)25-15-17-6-4-3-5-7-17)16-29-19(21(31)27(23)2)14-18(26-29)20(30)24-8-9-28-10-12-33-13-11-28/h3-7,14H,8-13,15-16H2,1-2H3,(H,24,30)(H,25,32).